The smallest absolute Gasteiger partial charge is 0.352 e. The average molecular weight is 447 g/mol. The van der Waals surface area contributed by atoms with Crippen LogP contribution < -0.4 is 14.8 Å². The predicted molar refractivity (Wildman–Crippen MR) is 100 cm³/mol. The lowest BCUT2D eigenvalue weighted by Crippen LogP contribution is -2.24. The van der Waals surface area contributed by atoms with Gasteiger partial charge in [0.05, 0.1) is 16.8 Å². The Morgan fingerprint density at radius 2 is 2.00 bits per heavy atom. The van der Waals surface area contributed by atoms with Crippen LogP contribution in [0.25, 0.3) is 6.08 Å². The molecule has 1 amide bonds. The summed E-state index contributed by atoms with van der Waals surface area (Å²) in [5, 5.41) is 11.5. The van der Waals surface area contributed by atoms with Gasteiger partial charge in [-0.25, -0.2) is 4.79 Å². The van der Waals surface area contributed by atoms with Crippen molar-refractivity contribution in [2.75, 3.05) is 13.2 Å². The van der Waals surface area contributed by atoms with E-state index in [1.165, 1.54) is 13.0 Å². The van der Waals surface area contributed by atoms with Gasteiger partial charge in [-0.2, -0.15) is 0 Å². The van der Waals surface area contributed by atoms with Gasteiger partial charge in [-0.05, 0) is 59.7 Å². The number of hydrogen-bond donors (Lipinski definition) is 2. The van der Waals surface area contributed by atoms with Gasteiger partial charge in [-0.15, -0.1) is 0 Å². The SMILES string of the molecule is CCCCOc1c(I)cc(/C=C(/NC(C)=O)C(=O)O)cc1OCC. The molecule has 0 fully saturated rings. The third-order valence-corrected chi connectivity index (χ3v) is 3.73. The predicted octanol–water partition coefficient (Wildman–Crippen LogP) is 3.43. The first-order valence-electron chi connectivity index (χ1n) is 7.70. The van der Waals surface area contributed by atoms with Gasteiger partial charge in [0.15, 0.2) is 11.5 Å². The normalized spacial score (nSPS) is 11.1. The minimum atomic E-state index is -1.21. The second kappa shape index (κ2) is 10.2. The number of halogens is 1. The van der Waals surface area contributed by atoms with Crippen LogP contribution in [-0.2, 0) is 9.59 Å². The summed E-state index contributed by atoms with van der Waals surface area (Å²) >= 11 is 2.12. The molecule has 0 aliphatic rings. The fourth-order valence-electron chi connectivity index (χ4n) is 1.90. The fourth-order valence-corrected chi connectivity index (χ4v) is 2.68. The van der Waals surface area contributed by atoms with E-state index < -0.39 is 11.9 Å². The molecule has 0 atom stereocenters. The average Bonchev–Trinajstić information content (AvgIpc) is 2.49. The molecule has 0 aliphatic carbocycles. The molecule has 0 unspecified atom stereocenters. The zero-order valence-corrected chi connectivity index (χ0v) is 16.2. The molecule has 1 rings (SSSR count). The van der Waals surface area contributed by atoms with E-state index >= 15 is 0 Å². The lowest BCUT2D eigenvalue weighted by atomic mass is 10.1. The number of unbranched alkanes of at least 4 members (excludes halogenated alkanes) is 1. The van der Waals surface area contributed by atoms with E-state index in [2.05, 4.69) is 34.8 Å². The number of carbonyl (C=O) groups is 2. The van der Waals surface area contributed by atoms with Gasteiger partial charge in [0.25, 0.3) is 0 Å². The standard InChI is InChI=1S/C17H22INO5/c1-4-6-7-24-16-13(18)8-12(10-15(16)23-5-2)9-14(17(21)22)19-11(3)20/h8-10H,4-7H2,1-3H3,(H,19,20)(H,21,22)/b14-9+. The van der Waals surface area contributed by atoms with Crippen LogP contribution in [0.5, 0.6) is 11.5 Å². The summed E-state index contributed by atoms with van der Waals surface area (Å²) < 4.78 is 12.2. The molecule has 1 aromatic rings. The highest BCUT2D eigenvalue weighted by molar-refractivity contribution is 14.1. The molecular formula is C17H22INO5. The molecule has 0 spiro atoms. The summed E-state index contributed by atoms with van der Waals surface area (Å²) in [4.78, 5) is 22.4. The van der Waals surface area contributed by atoms with Crippen molar-refractivity contribution in [2.45, 2.75) is 33.6 Å². The van der Waals surface area contributed by atoms with Gasteiger partial charge in [-0.3, -0.25) is 4.79 Å². The number of amides is 1. The van der Waals surface area contributed by atoms with Gasteiger partial charge < -0.3 is 19.9 Å². The van der Waals surface area contributed by atoms with Crippen LogP contribution >= 0.6 is 22.6 Å². The van der Waals surface area contributed by atoms with E-state index in [1.54, 1.807) is 12.1 Å². The van der Waals surface area contributed by atoms with Crippen LogP contribution in [-0.4, -0.2) is 30.2 Å². The molecule has 6 nitrogen and oxygen atoms in total. The van der Waals surface area contributed by atoms with Gasteiger partial charge >= 0.3 is 5.97 Å². The van der Waals surface area contributed by atoms with E-state index in [0.29, 0.717) is 30.3 Å². The molecule has 7 heteroatoms. The zero-order chi connectivity index (χ0) is 18.1. The lowest BCUT2D eigenvalue weighted by Gasteiger charge is -2.15. The number of carbonyl (C=O) groups excluding carboxylic acids is 1. The maximum absolute atomic E-state index is 11.2. The Balaban J connectivity index is 3.20. The minimum absolute atomic E-state index is 0.194. The van der Waals surface area contributed by atoms with Crippen LogP contribution in [0.3, 0.4) is 0 Å². The summed E-state index contributed by atoms with van der Waals surface area (Å²) in [6.45, 7) is 6.27. The van der Waals surface area contributed by atoms with E-state index in [9.17, 15) is 14.7 Å². The fraction of sp³-hybridized carbons (Fsp3) is 0.412. The van der Waals surface area contributed by atoms with Crippen molar-refractivity contribution in [2.24, 2.45) is 0 Å². The van der Waals surface area contributed by atoms with E-state index in [1.807, 2.05) is 6.92 Å². The van der Waals surface area contributed by atoms with Crippen molar-refractivity contribution in [1.29, 1.82) is 0 Å². The minimum Gasteiger partial charge on any atom is -0.490 e. The highest BCUT2D eigenvalue weighted by Gasteiger charge is 2.14. The monoisotopic (exact) mass is 447 g/mol. The summed E-state index contributed by atoms with van der Waals surface area (Å²) in [6, 6.07) is 3.49. The largest absolute Gasteiger partial charge is 0.490 e. The van der Waals surface area contributed by atoms with Gasteiger partial charge in [-0.1, -0.05) is 13.3 Å². The summed E-state index contributed by atoms with van der Waals surface area (Å²) in [5.74, 6) is -0.442. The van der Waals surface area contributed by atoms with Crippen LogP contribution in [0.4, 0.5) is 0 Å². The van der Waals surface area contributed by atoms with Gasteiger partial charge in [0, 0.05) is 6.92 Å². The number of carboxylic acids is 1. The zero-order valence-electron chi connectivity index (χ0n) is 14.0. The Hall–Kier alpha value is -1.77. The maximum atomic E-state index is 11.2. The third-order valence-electron chi connectivity index (χ3n) is 2.93. The van der Waals surface area contributed by atoms with E-state index in [-0.39, 0.29) is 5.70 Å². The van der Waals surface area contributed by atoms with Crippen molar-refractivity contribution in [1.82, 2.24) is 5.32 Å². The lowest BCUT2D eigenvalue weighted by molar-refractivity contribution is -0.134. The van der Waals surface area contributed by atoms with Crippen LogP contribution in [0, 0.1) is 3.57 Å². The Labute approximate surface area is 155 Å². The highest BCUT2D eigenvalue weighted by Crippen LogP contribution is 2.35. The quantitative estimate of drug-likeness (QED) is 0.344. The summed E-state index contributed by atoms with van der Waals surface area (Å²) in [7, 11) is 0. The molecule has 0 radical (unpaired) electrons. The molecule has 1 aromatic carbocycles. The number of nitrogens with one attached hydrogen (secondary N) is 1. The second-order valence-electron chi connectivity index (χ2n) is 5.01. The van der Waals surface area contributed by atoms with E-state index in [0.717, 1.165) is 16.4 Å². The Bertz CT molecular complexity index is 628. The molecule has 0 heterocycles. The maximum Gasteiger partial charge on any atom is 0.352 e. The van der Waals surface area contributed by atoms with Crippen molar-refractivity contribution >= 4 is 40.5 Å². The molecular weight excluding hydrogens is 425 g/mol. The first-order chi connectivity index (χ1) is 11.4. The van der Waals surface area contributed by atoms with Gasteiger partial charge in [0.1, 0.15) is 5.70 Å². The van der Waals surface area contributed by atoms with Crippen molar-refractivity contribution < 1.29 is 24.2 Å². The summed E-state index contributed by atoms with van der Waals surface area (Å²) in [6.07, 6.45) is 3.36. The Kier molecular flexibility index (Phi) is 8.59. The van der Waals surface area contributed by atoms with Crippen LogP contribution in [0.2, 0.25) is 0 Å². The second-order valence-corrected chi connectivity index (χ2v) is 6.17. The first kappa shape index (κ1) is 20.3. The van der Waals surface area contributed by atoms with E-state index in [4.69, 9.17) is 9.47 Å². The number of hydrogen-bond acceptors (Lipinski definition) is 4. The van der Waals surface area contributed by atoms with Crippen molar-refractivity contribution in [3.05, 3.63) is 27.0 Å². The molecule has 0 aromatic heterocycles. The highest BCUT2D eigenvalue weighted by atomic mass is 127. The van der Waals surface area contributed by atoms with Crippen LogP contribution in [0.15, 0.2) is 17.8 Å². The molecule has 2 N–H and O–H groups in total. The Morgan fingerprint density at radius 1 is 1.29 bits per heavy atom. The Morgan fingerprint density at radius 3 is 2.54 bits per heavy atom. The van der Waals surface area contributed by atoms with Crippen LogP contribution in [0.1, 0.15) is 39.2 Å². The van der Waals surface area contributed by atoms with Crippen molar-refractivity contribution in [3.63, 3.8) is 0 Å². The third kappa shape index (κ3) is 6.38. The number of rotatable bonds is 9. The molecule has 0 saturated carbocycles. The number of ether oxygens (including phenoxy) is 2. The van der Waals surface area contributed by atoms with Crippen molar-refractivity contribution in [3.8, 4) is 11.5 Å². The summed E-state index contributed by atoms with van der Waals surface area (Å²) in [5.41, 5.74) is 0.414. The van der Waals surface area contributed by atoms with Gasteiger partial charge in [0.2, 0.25) is 5.91 Å². The number of aliphatic carboxylic acids is 1. The molecule has 0 saturated heterocycles. The first-order valence-corrected chi connectivity index (χ1v) is 8.78. The molecule has 0 bridgehead atoms. The molecule has 0 aliphatic heterocycles. The topological polar surface area (TPSA) is 84.9 Å². The molecule has 132 valence electrons. The number of carboxylic acid groups (broad SMARTS) is 1. The number of benzene rings is 1. The molecule has 24 heavy (non-hydrogen) atoms.